The first-order chi connectivity index (χ1) is 13.6. The summed E-state index contributed by atoms with van der Waals surface area (Å²) in [5.41, 5.74) is 1.73. The molecule has 1 aliphatic rings. The van der Waals surface area contributed by atoms with E-state index in [9.17, 15) is 4.79 Å². The Morgan fingerprint density at radius 1 is 0.821 bits per heavy atom. The molecule has 1 saturated carbocycles. The van der Waals surface area contributed by atoms with Crippen LogP contribution >= 0.6 is 11.6 Å². The largest absolute Gasteiger partial charge is 0.497 e. The van der Waals surface area contributed by atoms with E-state index in [4.69, 9.17) is 21.1 Å². The van der Waals surface area contributed by atoms with Crippen LogP contribution in [0.1, 0.15) is 23.1 Å². The third kappa shape index (κ3) is 2.61. The lowest BCUT2D eigenvalue weighted by molar-refractivity contribution is -0.144. The quantitative estimate of drug-likeness (QED) is 0.563. The average molecular weight is 393 g/mol. The van der Waals surface area contributed by atoms with Gasteiger partial charge in [0.05, 0.1) is 14.2 Å². The highest BCUT2D eigenvalue weighted by atomic mass is 35.5. The number of halogens is 1. The molecule has 0 amide bonds. The van der Waals surface area contributed by atoms with Gasteiger partial charge in [0.2, 0.25) is 0 Å². The summed E-state index contributed by atoms with van der Waals surface area (Å²) in [7, 11) is 3.09. The van der Waals surface area contributed by atoms with E-state index in [0.717, 1.165) is 22.4 Å². The average Bonchev–Trinajstić information content (AvgIpc) is 3.47. The predicted molar refractivity (Wildman–Crippen MR) is 110 cm³/mol. The molecule has 0 radical (unpaired) electrons. The van der Waals surface area contributed by atoms with E-state index in [-0.39, 0.29) is 5.97 Å². The molecule has 142 valence electrons. The van der Waals surface area contributed by atoms with Gasteiger partial charge in [0.1, 0.15) is 11.2 Å². The predicted octanol–water partition coefficient (Wildman–Crippen LogP) is 5.15. The smallest absolute Gasteiger partial charge is 0.317 e. The van der Waals surface area contributed by atoms with E-state index >= 15 is 0 Å². The number of hydrogen-bond acceptors (Lipinski definition) is 3. The molecule has 0 spiro atoms. The zero-order valence-corrected chi connectivity index (χ0v) is 16.6. The Labute approximate surface area is 169 Å². The van der Waals surface area contributed by atoms with Crippen molar-refractivity contribution in [2.24, 2.45) is 0 Å². The van der Waals surface area contributed by atoms with Crippen molar-refractivity contribution in [3.8, 4) is 5.75 Å². The number of methoxy groups -OCH3 is 2. The van der Waals surface area contributed by atoms with E-state index < -0.39 is 10.8 Å². The van der Waals surface area contributed by atoms with Crippen LogP contribution in [0.15, 0.2) is 78.9 Å². The molecule has 1 aliphatic carbocycles. The summed E-state index contributed by atoms with van der Waals surface area (Å²) in [6.45, 7) is 0. The van der Waals surface area contributed by atoms with Gasteiger partial charge in [-0.05, 0) is 47.4 Å². The molecule has 0 aromatic heterocycles. The van der Waals surface area contributed by atoms with Crippen molar-refractivity contribution < 1.29 is 14.3 Å². The number of rotatable bonds is 5. The molecule has 0 unspecified atom stereocenters. The van der Waals surface area contributed by atoms with Crippen molar-refractivity contribution >= 4 is 17.6 Å². The summed E-state index contributed by atoms with van der Waals surface area (Å²) in [4.78, 5) is 13.2. The van der Waals surface area contributed by atoms with Gasteiger partial charge in [-0.3, -0.25) is 4.79 Å². The van der Waals surface area contributed by atoms with E-state index in [1.165, 1.54) is 7.11 Å². The molecule has 0 aliphatic heterocycles. The monoisotopic (exact) mass is 392 g/mol. The van der Waals surface area contributed by atoms with Gasteiger partial charge in [-0.15, -0.1) is 0 Å². The van der Waals surface area contributed by atoms with Gasteiger partial charge in [-0.25, -0.2) is 0 Å². The molecule has 1 fully saturated rings. The molecular weight excluding hydrogens is 372 g/mol. The number of hydrogen-bond donors (Lipinski definition) is 0. The Hall–Kier alpha value is -2.78. The molecular formula is C24H21ClO3. The molecule has 0 N–H and O–H groups in total. The standard InChI is InChI=1S/C24H21ClO3/c1-27-21-14-10-18(11-15-21)23(17-6-4-3-5-7-17)16-24(23,22(26)28-2)19-8-12-20(25)13-9-19/h3-15H,16H2,1-2H3/t23-,24+/m1/s1. The van der Waals surface area contributed by atoms with E-state index in [1.54, 1.807) is 7.11 Å². The van der Waals surface area contributed by atoms with Gasteiger partial charge in [-0.1, -0.05) is 66.2 Å². The van der Waals surface area contributed by atoms with Crippen LogP contribution in [0.4, 0.5) is 0 Å². The number of carbonyl (C=O) groups excluding carboxylic acids is 1. The molecule has 0 bridgehead atoms. The molecule has 3 nitrogen and oxygen atoms in total. The summed E-state index contributed by atoms with van der Waals surface area (Å²) in [5, 5.41) is 0.638. The topological polar surface area (TPSA) is 35.5 Å². The molecule has 0 heterocycles. The lowest BCUT2D eigenvalue weighted by Crippen LogP contribution is -2.32. The maximum absolute atomic E-state index is 13.2. The number of ether oxygens (including phenoxy) is 2. The van der Waals surface area contributed by atoms with Gasteiger partial charge in [-0.2, -0.15) is 0 Å². The highest BCUT2D eigenvalue weighted by Gasteiger charge is 2.74. The zero-order chi connectivity index (χ0) is 19.8. The Bertz CT molecular complexity index is 983. The van der Waals surface area contributed by atoms with Crippen LogP contribution in [-0.4, -0.2) is 20.2 Å². The zero-order valence-electron chi connectivity index (χ0n) is 15.8. The Balaban J connectivity index is 1.95. The number of carbonyl (C=O) groups is 1. The highest BCUT2D eigenvalue weighted by Crippen LogP contribution is 2.69. The van der Waals surface area contributed by atoms with E-state index in [1.807, 2.05) is 66.7 Å². The first-order valence-electron chi connectivity index (χ1n) is 9.13. The summed E-state index contributed by atoms with van der Waals surface area (Å²) in [6, 6.07) is 25.6. The van der Waals surface area contributed by atoms with Gasteiger partial charge in [0, 0.05) is 10.4 Å². The Kier molecular flexibility index (Phi) is 4.64. The highest BCUT2D eigenvalue weighted by molar-refractivity contribution is 6.30. The second-order valence-electron chi connectivity index (χ2n) is 7.08. The second kappa shape index (κ2) is 6.99. The van der Waals surface area contributed by atoms with Gasteiger partial charge < -0.3 is 9.47 Å². The summed E-state index contributed by atoms with van der Waals surface area (Å²) < 4.78 is 10.6. The van der Waals surface area contributed by atoms with Crippen LogP contribution < -0.4 is 4.74 Å². The SMILES string of the molecule is COC(=O)[C@@]1(c2ccc(Cl)cc2)C[C@@]1(c1ccccc1)c1ccc(OC)cc1. The molecule has 3 aromatic rings. The van der Waals surface area contributed by atoms with Crippen LogP contribution in [0, 0.1) is 0 Å². The van der Waals surface area contributed by atoms with Crippen LogP contribution in [-0.2, 0) is 20.4 Å². The fourth-order valence-electron chi connectivity index (χ4n) is 4.44. The number of esters is 1. The molecule has 4 rings (SSSR count). The minimum atomic E-state index is -0.803. The fourth-order valence-corrected chi connectivity index (χ4v) is 4.56. The normalized spacial score (nSPS) is 23.1. The summed E-state index contributed by atoms with van der Waals surface area (Å²) >= 11 is 6.10. The summed E-state index contributed by atoms with van der Waals surface area (Å²) in [5.74, 6) is 0.539. The van der Waals surface area contributed by atoms with Crippen LogP contribution in [0.25, 0.3) is 0 Å². The molecule has 2 atom stereocenters. The van der Waals surface area contributed by atoms with E-state index in [0.29, 0.717) is 11.4 Å². The first kappa shape index (κ1) is 18.6. The molecule has 4 heteroatoms. The second-order valence-corrected chi connectivity index (χ2v) is 7.52. The minimum Gasteiger partial charge on any atom is -0.497 e. The lowest BCUT2D eigenvalue weighted by atomic mass is 9.77. The van der Waals surface area contributed by atoms with Crippen molar-refractivity contribution in [2.45, 2.75) is 17.3 Å². The van der Waals surface area contributed by atoms with E-state index in [2.05, 4.69) is 12.1 Å². The first-order valence-corrected chi connectivity index (χ1v) is 9.51. The Morgan fingerprint density at radius 2 is 1.39 bits per heavy atom. The van der Waals surface area contributed by atoms with Gasteiger partial charge in [0.25, 0.3) is 0 Å². The maximum Gasteiger partial charge on any atom is 0.317 e. The molecule has 0 saturated heterocycles. The minimum absolute atomic E-state index is 0.241. The Morgan fingerprint density at radius 3 is 1.96 bits per heavy atom. The molecule has 3 aromatic carbocycles. The van der Waals surface area contributed by atoms with Gasteiger partial charge >= 0.3 is 5.97 Å². The van der Waals surface area contributed by atoms with Crippen molar-refractivity contribution in [2.75, 3.05) is 14.2 Å². The van der Waals surface area contributed by atoms with Crippen LogP contribution in [0.5, 0.6) is 5.75 Å². The van der Waals surface area contributed by atoms with Crippen LogP contribution in [0.3, 0.4) is 0 Å². The number of benzene rings is 3. The third-order valence-corrected chi connectivity index (χ3v) is 6.11. The summed E-state index contributed by atoms with van der Waals surface area (Å²) in [6.07, 6.45) is 0.630. The van der Waals surface area contributed by atoms with Crippen molar-refractivity contribution in [3.63, 3.8) is 0 Å². The fraction of sp³-hybridized carbons (Fsp3) is 0.208. The van der Waals surface area contributed by atoms with Crippen molar-refractivity contribution in [3.05, 3.63) is 101 Å². The van der Waals surface area contributed by atoms with Crippen molar-refractivity contribution in [1.82, 2.24) is 0 Å². The van der Waals surface area contributed by atoms with Crippen molar-refractivity contribution in [1.29, 1.82) is 0 Å². The maximum atomic E-state index is 13.2. The lowest BCUT2D eigenvalue weighted by Gasteiger charge is -2.26. The van der Waals surface area contributed by atoms with Crippen LogP contribution in [0.2, 0.25) is 5.02 Å². The third-order valence-electron chi connectivity index (χ3n) is 5.85. The molecule has 28 heavy (non-hydrogen) atoms. The van der Waals surface area contributed by atoms with Gasteiger partial charge in [0.15, 0.2) is 0 Å².